The van der Waals surface area contributed by atoms with E-state index in [4.69, 9.17) is 25.9 Å². The van der Waals surface area contributed by atoms with Crippen molar-refractivity contribution in [3.8, 4) is 56.7 Å². The summed E-state index contributed by atoms with van der Waals surface area (Å²) in [5.74, 6) is 1.49. The van der Waals surface area contributed by atoms with Gasteiger partial charge in [-0.2, -0.15) is 0 Å². The Kier molecular flexibility index (Phi) is 8.14. The molecule has 13 rings (SSSR count). The van der Waals surface area contributed by atoms with Gasteiger partial charge in [0.05, 0.1) is 40.0 Å². The van der Waals surface area contributed by atoms with Crippen LogP contribution in [0, 0.1) is 6.57 Å². The third-order valence-corrected chi connectivity index (χ3v) is 12.6. The molecule has 0 saturated heterocycles. The van der Waals surface area contributed by atoms with E-state index >= 15 is 0 Å². The first-order valence-electron chi connectivity index (χ1n) is 21.6. The minimum absolute atomic E-state index is 0.452. The number of hydrogen-bond donors (Lipinski definition) is 0. The Labute approximate surface area is 372 Å². The maximum atomic E-state index is 8.44. The lowest BCUT2D eigenvalue weighted by atomic mass is 9.97. The van der Waals surface area contributed by atoms with Gasteiger partial charge in [0.25, 0.3) is 0 Å². The van der Waals surface area contributed by atoms with Gasteiger partial charge in [0.15, 0.2) is 23.2 Å². The van der Waals surface area contributed by atoms with Gasteiger partial charge in [0.1, 0.15) is 11.2 Å². The largest absolute Gasteiger partial charge is 0.456 e. The third kappa shape index (κ3) is 5.71. The highest BCUT2D eigenvalue weighted by Crippen LogP contribution is 2.46. The van der Waals surface area contributed by atoms with Crippen molar-refractivity contribution in [1.29, 1.82) is 0 Å². The topological polar surface area (TPSA) is 66.0 Å². The van der Waals surface area contributed by atoms with Gasteiger partial charge in [0, 0.05) is 49.0 Å². The van der Waals surface area contributed by atoms with Crippen molar-refractivity contribution in [1.82, 2.24) is 24.1 Å². The molecule has 0 atom stereocenters. The Morgan fingerprint density at radius 2 is 0.923 bits per heavy atom. The molecular formula is C58H34N6O. The number of rotatable bonds is 6. The number of para-hydroxylation sites is 4. The van der Waals surface area contributed by atoms with Crippen LogP contribution < -0.4 is 0 Å². The van der Waals surface area contributed by atoms with Gasteiger partial charge < -0.3 is 13.6 Å². The third-order valence-electron chi connectivity index (χ3n) is 12.6. The summed E-state index contributed by atoms with van der Waals surface area (Å²) >= 11 is 0. The Morgan fingerprint density at radius 3 is 1.63 bits per heavy atom. The number of hydrogen-bond acceptors (Lipinski definition) is 4. The summed E-state index contributed by atoms with van der Waals surface area (Å²) < 4.78 is 11.0. The van der Waals surface area contributed by atoms with Crippen LogP contribution in [0.5, 0.6) is 0 Å². The van der Waals surface area contributed by atoms with E-state index in [0.717, 1.165) is 88.4 Å². The van der Waals surface area contributed by atoms with Crippen LogP contribution >= 0.6 is 0 Å². The Hall–Kier alpha value is -9.12. The summed E-state index contributed by atoms with van der Waals surface area (Å²) in [7, 11) is 0. The van der Waals surface area contributed by atoms with Gasteiger partial charge in [-0.25, -0.2) is 19.8 Å². The molecule has 9 aromatic carbocycles. The summed E-state index contributed by atoms with van der Waals surface area (Å²) in [5, 5.41) is 6.61. The van der Waals surface area contributed by atoms with Crippen molar-refractivity contribution in [3.63, 3.8) is 0 Å². The average Bonchev–Trinajstić information content (AvgIpc) is 4.04. The fraction of sp³-hybridized carbons (Fsp3) is 0. The molecule has 302 valence electrons. The number of fused-ring (bicyclic) bond motifs is 9. The van der Waals surface area contributed by atoms with Crippen LogP contribution in [-0.4, -0.2) is 24.1 Å². The van der Waals surface area contributed by atoms with Crippen LogP contribution in [-0.2, 0) is 0 Å². The van der Waals surface area contributed by atoms with Crippen LogP contribution in [0.3, 0.4) is 0 Å². The van der Waals surface area contributed by atoms with Crippen LogP contribution in [0.2, 0.25) is 0 Å². The molecule has 4 aromatic heterocycles. The van der Waals surface area contributed by atoms with E-state index in [0.29, 0.717) is 28.7 Å². The maximum Gasteiger partial charge on any atom is 0.188 e. The molecular weight excluding hydrogens is 797 g/mol. The zero-order chi connectivity index (χ0) is 43.0. The standard InChI is InChI=1S/C58H34N6O/c1-59-39-34-44(36-17-4-2-5-18-36)55(64-49-27-14-10-24-43(49)54-50(28-16-29-51(54)64)63-47-25-12-8-21-40(47)41-22-9-13-26-48(41)63)46(35-39)58-61-56(37-19-6-3-7-20-37)60-57(62-58)38-31-32-53-45(33-38)42-23-11-15-30-52(42)65-53/h2-35H. The zero-order valence-corrected chi connectivity index (χ0v) is 34.7. The summed E-state index contributed by atoms with van der Waals surface area (Å²) in [6.07, 6.45) is 0. The molecule has 0 radical (unpaired) electrons. The Balaban J connectivity index is 1.15. The molecule has 7 nitrogen and oxygen atoms in total. The molecule has 0 saturated carbocycles. The summed E-state index contributed by atoms with van der Waals surface area (Å²) in [5.41, 5.74) is 12.6. The Morgan fingerprint density at radius 1 is 0.385 bits per heavy atom. The van der Waals surface area contributed by atoms with Crippen molar-refractivity contribution in [2.45, 2.75) is 0 Å². The van der Waals surface area contributed by atoms with Crippen molar-refractivity contribution < 1.29 is 4.42 Å². The fourth-order valence-electron chi connectivity index (χ4n) is 9.75. The first-order chi connectivity index (χ1) is 32.2. The van der Waals surface area contributed by atoms with E-state index in [1.54, 1.807) is 0 Å². The quantitative estimate of drug-likeness (QED) is 0.157. The highest BCUT2D eigenvalue weighted by Gasteiger charge is 2.26. The highest BCUT2D eigenvalue weighted by molar-refractivity contribution is 6.17. The SMILES string of the molecule is [C-]#[N+]c1cc(-c2ccccc2)c(-n2c3ccccc3c3c(-n4c5ccccc5c5ccccc54)cccc32)c(-c2nc(-c3ccccc3)nc(-c3ccc4oc5ccccc5c4c3)n2)c1. The molecule has 7 heteroatoms. The van der Waals surface area contributed by atoms with E-state index in [1.165, 1.54) is 10.8 Å². The minimum Gasteiger partial charge on any atom is -0.456 e. The van der Waals surface area contributed by atoms with Crippen molar-refractivity contribution >= 4 is 71.2 Å². The zero-order valence-electron chi connectivity index (χ0n) is 34.7. The van der Waals surface area contributed by atoms with Gasteiger partial charge in [-0.15, -0.1) is 0 Å². The predicted octanol–water partition coefficient (Wildman–Crippen LogP) is 15.2. The van der Waals surface area contributed by atoms with E-state index < -0.39 is 0 Å². The normalized spacial score (nSPS) is 11.7. The first kappa shape index (κ1) is 36.5. The lowest BCUT2D eigenvalue weighted by molar-refractivity contribution is 0.669. The maximum absolute atomic E-state index is 8.44. The summed E-state index contributed by atoms with van der Waals surface area (Å²) in [6.45, 7) is 8.44. The lowest BCUT2D eigenvalue weighted by Gasteiger charge is -2.20. The van der Waals surface area contributed by atoms with Crippen molar-refractivity contribution in [3.05, 3.63) is 218 Å². The molecule has 0 unspecified atom stereocenters. The molecule has 0 bridgehead atoms. The molecule has 0 aliphatic carbocycles. The smallest absolute Gasteiger partial charge is 0.188 e. The molecule has 0 amide bonds. The number of furan rings is 1. The number of benzene rings is 9. The van der Waals surface area contributed by atoms with Crippen molar-refractivity contribution in [2.24, 2.45) is 0 Å². The average molecular weight is 831 g/mol. The van der Waals surface area contributed by atoms with Gasteiger partial charge in [0.2, 0.25) is 0 Å². The van der Waals surface area contributed by atoms with E-state index in [-0.39, 0.29) is 0 Å². The molecule has 0 N–H and O–H groups in total. The fourth-order valence-corrected chi connectivity index (χ4v) is 9.75. The van der Waals surface area contributed by atoms with Crippen LogP contribution in [0.1, 0.15) is 0 Å². The van der Waals surface area contributed by atoms with Gasteiger partial charge in [-0.3, -0.25) is 0 Å². The van der Waals surface area contributed by atoms with E-state index in [2.05, 4.69) is 129 Å². The molecule has 65 heavy (non-hydrogen) atoms. The second-order valence-electron chi connectivity index (χ2n) is 16.2. The number of aromatic nitrogens is 5. The molecule has 0 spiro atoms. The minimum atomic E-state index is 0.452. The monoisotopic (exact) mass is 830 g/mol. The molecule has 4 heterocycles. The molecule has 0 fully saturated rings. The Bertz CT molecular complexity index is 4030. The van der Waals surface area contributed by atoms with Gasteiger partial charge in [-0.1, -0.05) is 140 Å². The summed E-state index contributed by atoms with van der Waals surface area (Å²) in [6, 6.07) is 70.9. The summed E-state index contributed by atoms with van der Waals surface area (Å²) in [4.78, 5) is 19.9. The second-order valence-corrected chi connectivity index (χ2v) is 16.2. The predicted molar refractivity (Wildman–Crippen MR) is 264 cm³/mol. The van der Waals surface area contributed by atoms with Crippen LogP contribution in [0.25, 0.3) is 127 Å². The van der Waals surface area contributed by atoms with Crippen LogP contribution in [0.4, 0.5) is 5.69 Å². The first-order valence-corrected chi connectivity index (χ1v) is 21.6. The molecule has 0 aliphatic rings. The van der Waals surface area contributed by atoms with Gasteiger partial charge >= 0.3 is 0 Å². The lowest BCUT2D eigenvalue weighted by Crippen LogP contribution is -2.05. The van der Waals surface area contributed by atoms with Gasteiger partial charge in [-0.05, 0) is 77.9 Å². The number of nitrogens with zero attached hydrogens (tertiary/aromatic N) is 6. The van der Waals surface area contributed by atoms with Crippen molar-refractivity contribution in [2.75, 3.05) is 0 Å². The molecule has 13 aromatic rings. The second kappa shape index (κ2) is 14.5. The van der Waals surface area contributed by atoms with E-state index in [1.807, 2.05) is 91.0 Å². The van der Waals surface area contributed by atoms with Crippen LogP contribution in [0.15, 0.2) is 211 Å². The molecule has 0 aliphatic heterocycles. The highest BCUT2D eigenvalue weighted by atomic mass is 16.3. The van der Waals surface area contributed by atoms with E-state index in [9.17, 15) is 0 Å².